The Morgan fingerprint density at radius 2 is 1.78 bits per heavy atom. The van der Waals surface area contributed by atoms with E-state index < -0.39 is 6.04 Å². The van der Waals surface area contributed by atoms with E-state index in [1.807, 2.05) is 24.3 Å². The minimum absolute atomic E-state index is 0.253. The summed E-state index contributed by atoms with van der Waals surface area (Å²) in [6, 6.07) is 12.3. The highest BCUT2D eigenvalue weighted by atomic mass is 35.5. The number of fused-ring (bicyclic) bond motifs is 1. The Bertz CT molecular complexity index is 818. The largest absolute Gasteiger partial charge is 0.355 e. The first kappa shape index (κ1) is 16.8. The quantitative estimate of drug-likeness (QED) is 0.649. The number of anilines is 2. The van der Waals surface area contributed by atoms with Gasteiger partial charge in [-0.1, -0.05) is 11.6 Å². The predicted molar refractivity (Wildman–Crippen MR) is 88.2 cm³/mol. The molecule has 3 aromatic rings. The molecule has 0 aliphatic carbocycles. The highest BCUT2D eigenvalue weighted by Crippen LogP contribution is 2.27. The second-order valence-corrected chi connectivity index (χ2v) is 5.06. The Labute approximate surface area is 136 Å². The molecule has 0 unspecified atom stereocenters. The van der Waals surface area contributed by atoms with E-state index in [1.54, 1.807) is 18.3 Å². The molecule has 1 heterocycles. The van der Waals surface area contributed by atoms with Crippen LogP contribution in [-0.2, 0) is 4.79 Å². The van der Waals surface area contributed by atoms with Gasteiger partial charge in [-0.05, 0) is 48.5 Å². The number of hydrogen-bond acceptors (Lipinski definition) is 3. The molecule has 118 valence electrons. The Morgan fingerprint density at radius 1 is 1.13 bits per heavy atom. The third kappa shape index (κ3) is 5.00. The van der Waals surface area contributed by atoms with E-state index in [-0.39, 0.29) is 5.82 Å². The zero-order valence-corrected chi connectivity index (χ0v) is 12.9. The van der Waals surface area contributed by atoms with Gasteiger partial charge in [-0.2, -0.15) is 4.39 Å². The number of pyridine rings is 1. The Kier molecular flexibility index (Phi) is 5.60. The maximum Gasteiger partial charge on any atom is 0.298 e. The molecule has 6 heteroatoms. The van der Waals surface area contributed by atoms with Crippen molar-refractivity contribution >= 4 is 39.9 Å². The van der Waals surface area contributed by atoms with Crippen LogP contribution in [0.5, 0.6) is 0 Å². The molecule has 0 spiro atoms. The highest BCUT2D eigenvalue weighted by molar-refractivity contribution is 6.31. The number of benzene rings is 2. The molecule has 3 nitrogen and oxygen atoms in total. The van der Waals surface area contributed by atoms with E-state index in [0.717, 1.165) is 29.2 Å². The molecule has 0 radical (unpaired) electrons. The van der Waals surface area contributed by atoms with Gasteiger partial charge in [-0.15, -0.1) is 0 Å². The fourth-order valence-corrected chi connectivity index (χ4v) is 2.09. The maximum atomic E-state index is 12.9. The summed E-state index contributed by atoms with van der Waals surface area (Å²) in [4.78, 5) is 13.1. The van der Waals surface area contributed by atoms with E-state index in [4.69, 9.17) is 16.4 Å². The van der Waals surface area contributed by atoms with Crippen LogP contribution in [0.4, 0.5) is 20.2 Å². The summed E-state index contributed by atoms with van der Waals surface area (Å²) in [5.74, 6) is -0.253. The van der Waals surface area contributed by atoms with E-state index in [1.165, 1.54) is 12.1 Å². The summed E-state index contributed by atoms with van der Waals surface area (Å²) in [6.45, 7) is 0.861. The number of hydrogen-bond donors (Lipinski definition) is 1. The van der Waals surface area contributed by atoms with Crippen LogP contribution in [0.25, 0.3) is 10.9 Å². The van der Waals surface area contributed by atoms with Gasteiger partial charge in [0.25, 0.3) is 6.04 Å². The van der Waals surface area contributed by atoms with Gasteiger partial charge in [0.15, 0.2) is 0 Å². The monoisotopic (exact) mass is 334 g/mol. The highest BCUT2D eigenvalue weighted by Gasteiger charge is 2.03. The molecule has 2 aromatic carbocycles. The van der Waals surface area contributed by atoms with E-state index in [2.05, 4.69) is 10.3 Å². The van der Waals surface area contributed by atoms with Crippen molar-refractivity contribution in [3.05, 3.63) is 65.6 Å². The molecular formula is C17H13ClF2N2O. The molecule has 3 rings (SSSR count). The maximum absolute atomic E-state index is 12.9. The van der Waals surface area contributed by atoms with Crippen molar-refractivity contribution in [2.75, 3.05) is 5.32 Å². The summed E-state index contributed by atoms with van der Waals surface area (Å²) in [5.41, 5.74) is 2.55. The van der Waals surface area contributed by atoms with Crippen molar-refractivity contribution in [1.82, 2.24) is 4.98 Å². The topological polar surface area (TPSA) is 42.0 Å². The Hall–Kier alpha value is -2.53. The van der Waals surface area contributed by atoms with Gasteiger partial charge in [-0.3, -0.25) is 9.78 Å². The van der Waals surface area contributed by atoms with Gasteiger partial charge in [0.05, 0.1) is 5.52 Å². The summed E-state index contributed by atoms with van der Waals surface area (Å²) in [7, 11) is 0. The number of carbonyl (C=O) groups is 1. The second kappa shape index (κ2) is 7.65. The molecule has 0 amide bonds. The fourth-order valence-electron chi connectivity index (χ4n) is 1.92. The molecule has 0 fully saturated rings. The number of nitrogens with one attached hydrogen (secondary N) is 1. The molecule has 0 saturated heterocycles. The Balaban J connectivity index is 0.000000433. The lowest BCUT2D eigenvalue weighted by Crippen LogP contribution is -1.92. The van der Waals surface area contributed by atoms with Crippen molar-refractivity contribution in [3.8, 4) is 0 Å². The van der Waals surface area contributed by atoms with Gasteiger partial charge < -0.3 is 5.32 Å². The normalized spacial score (nSPS) is 9.91. The molecule has 0 bridgehead atoms. The molecule has 0 saturated carbocycles. The summed E-state index contributed by atoms with van der Waals surface area (Å²) in [6.07, 6.45) is 1.71. The van der Waals surface area contributed by atoms with Gasteiger partial charge in [0.1, 0.15) is 5.82 Å². The lowest BCUT2D eigenvalue weighted by molar-refractivity contribution is -0.126. The molecule has 0 aliphatic heterocycles. The third-order valence-electron chi connectivity index (χ3n) is 2.83. The average Bonchev–Trinajstić information content (AvgIpc) is 2.49. The van der Waals surface area contributed by atoms with Crippen LogP contribution in [0.1, 0.15) is 6.92 Å². The summed E-state index contributed by atoms with van der Waals surface area (Å²) < 4.78 is 23.2. The molecular weight excluding hydrogens is 322 g/mol. The van der Waals surface area contributed by atoms with E-state index in [0.29, 0.717) is 5.02 Å². The van der Waals surface area contributed by atoms with E-state index >= 15 is 0 Å². The molecule has 0 atom stereocenters. The smallest absolute Gasteiger partial charge is 0.298 e. The standard InChI is InChI=1S/C15H10ClFN2.C2H3FO/c16-10-1-6-13-14(7-8-18-15(13)9-10)19-12-4-2-11(17)3-5-12;1-2(3)4/h1-9H,(H,18,19);1H3. The van der Waals surface area contributed by atoms with E-state index in [9.17, 15) is 8.78 Å². The fraction of sp³-hybridized carbons (Fsp3) is 0.0588. The number of aromatic nitrogens is 1. The zero-order chi connectivity index (χ0) is 16.8. The lowest BCUT2D eigenvalue weighted by Gasteiger charge is -2.09. The van der Waals surface area contributed by atoms with Crippen LogP contribution in [0.3, 0.4) is 0 Å². The van der Waals surface area contributed by atoms with Crippen molar-refractivity contribution in [2.24, 2.45) is 0 Å². The SMILES string of the molecule is CC(=O)F.Fc1ccc(Nc2ccnc3cc(Cl)ccc23)cc1. The average molecular weight is 335 g/mol. The van der Waals surface area contributed by atoms with Crippen LogP contribution >= 0.6 is 11.6 Å². The predicted octanol–water partition coefficient (Wildman–Crippen LogP) is 5.27. The molecule has 0 aliphatic rings. The second-order valence-electron chi connectivity index (χ2n) is 4.62. The van der Waals surface area contributed by atoms with Crippen molar-refractivity contribution < 1.29 is 13.6 Å². The molecule has 1 N–H and O–H groups in total. The van der Waals surface area contributed by atoms with Crippen LogP contribution in [0, 0.1) is 5.82 Å². The van der Waals surface area contributed by atoms with Gasteiger partial charge in [0, 0.05) is 34.9 Å². The van der Waals surface area contributed by atoms with Crippen LogP contribution in [0.15, 0.2) is 54.7 Å². The minimum atomic E-state index is -1.33. The van der Waals surface area contributed by atoms with Crippen LogP contribution < -0.4 is 5.32 Å². The zero-order valence-electron chi connectivity index (χ0n) is 12.2. The van der Waals surface area contributed by atoms with Gasteiger partial charge in [0.2, 0.25) is 0 Å². The summed E-state index contributed by atoms with van der Waals surface area (Å²) >= 11 is 5.95. The first-order valence-corrected chi connectivity index (χ1v) is 7.06. The van der Waals surface area contributed by atoms with Crippen molar-refractivity contribution in [1.29, 1.82) is 0 Å². The van der Waals surface area contributed by atoms with Crippen molar-refractivity contribution in [3.63, 3.8) is 0 Å². The Morgan fingerprint density at radius 3 is 2.43 bits per heavy atom. The number of rotatable bonds is 2. The first-order chi connectivity index (χ1) is 11.0. The van der Waals surface area contributed by atoms with Gasteiger partial charge in [-0.25, -0.2) is 4.39 Å². The number of carbonyl (C=O) groups excluding carboxylic acids is 1. The third-order valence-corrected chi connectivity index (χ3v) is 3.06. The number of nitrogens with zero attached hydrogens (tertiary/aromatic N) is 1. The lowest BCUT2D eigenvalue weighted by atomic mass is 10.2. The first-order valence-electron chi connectivity index (χ1n) is 6.68. The minimum Gasteiger partial charge on any atom is -0.355 e. The van der Waals surface area contributed by atoms with Gasteiger partial charge >= 0.3 is 0 Å². The molecule has 23 heavy (non-hydrogen) atoms. The van der Waals surface area contributed by atoms with Crippen LogP contribution in [0.2, 0.25) is 5.02 Å². The van der Waals surface area contributed by atoms with Crippen molar-refractivity contribution in [2.45, 2.75) is 6.92 Å². The molecule has 1 aromatic heterocycles. The van der Waals surface area contributed by atoms with Crippen LogP contribution in [-0.4, -0.2) is 11.0 Å². The number of halogens is 3. The summed E-state index contributed by atoms with van der Waals surface area (Å²) in [5, 5.41) is 4.86.